The molecule has 0 saturated carbocycles. The summed E-state index contributed by atoms with van der Waals surface area (Å²) in [7, 11) is 1.62. The SMILES string of the molecule is CCC(NCc1cccc(OC)n1)c1ncc[nH]1. The van der Waals surface area contributed by atoms with Gasteiger partial charge in [-0.05, 0) is 12.5 Å². The summed E-state index contributed by atoms with van der Waals surface area (Å²) in [5.74, 6) is 1.60. The zero-order valence-electron chi connectivity index (χ0n) is 10.7. The van der Waals surface area contributed by atoms with Crippen LogP contribution in [0.25, 0.3) is 0 Å². The fourth-order valence-electron chi connectivity index (χ4n) is 1.80. The van der Waals surface area contributed by atoms with E-state index in [1.165, 1.54) is 0 Å². The van der Waals surface area contributed by atoms with Crippen molar-refractivity contribution in [1.29, 1.82) is 0 Å². The number of nitrogens with zero attached hydrogens (tertiary/aromatic N) is 2. The van der Waals surface area contributed by atoms with E-state index in [0.29, 0.717) is 12.4 Å². The number of aromatic amines is 1. The summed E-state index contributed by atoms with van der Waals surface area (Å²) < 4.78 is 5.10. The van der Waals surface area contributed by atoms with E-state index in [1.807, 2.05) is 24.4 Å². The molecule has 0 spiro atoms. The van der Waals surface area contributed by atoms with E-state index in [-0.39, 0.29) is 6.04 Å². The van der Waals surface area contributed by atoms with E-state index in [4.69, 9.17) is 4.74 Å². The van der Waals surface area contributed by atoms with Crippen LogP contribution in [0.2, 0.25) is 0 Å². The van der Waals surface area contributed by atoms with Gasteiger partial charge in [-0.3, -0.25) is 0 Å². The van der Waals surface area contributed by atoms with Gasteiger partial charge >= 0.3 is 0 Å². The Balaban J connectivity index is 1.97. The number of nitrogens with one attached hydrogen (secondary N) is 2. The lowest BCUT2D eigenvalue weighted by molar-refractivity contribution is 0.394. The van der Waals surface area contributed by atoms with Crippen molar-refractivity contribution in [2.45, 2.75) is 25.9 Å². The Kier molecular flexibility index (Phi) is 4.30. The predicted octanol–water partition coefficient (Wildman–Crippen LogP) is 2.05. The minimum Gasteiger partial charge on any atom is -0.481 e. The Labute approximate surface area is 107 Å². The molecule has 5 nitrogen and oxygen atoms in total. The zero-order chi connectivity index (χ0) is 12.8. The molecule has 96 valence electrons. The number of ether oxygens (including phenoxy) is 1. The van der Waals surface area contributed by atoms with E-state index >= 15 is 0 Å². The number of pyridine rings is 1. The molecule has 0 aliphatic rings. The molecule has 2 N–H and O–H groups in total. The van der Waals surface area contributed by atoms with Crippen LogP contribution in [0.15, 0.2) is 30.6 Å². The lowest BCUT2D eigenvalue weighted by Gasteiger charge is -2.14. The molecule has 2 aromatic rings. The largest absolute Gasteiger partial charge is 0.481 e. The molecule has 0 aliphatic heterocycles. The second kappa shape index (κ2) is 6.16. The van der Waals surface area contributed by atoms with E-state index in [0.717, 1.165) is 17.9 Å². The Morgan fingerprint density at radius 3 is 3.00 bits per heavy atom. The summed E-state index contributed by atoms with van der Waals surface area (Å²) >= 11 is 0. The molecule has 5 heteroatoms. The Morgan fingerprint density at radius 2 is 2.33 bits per heavy atom. The highest BCUT2D eigenvalue weighted by atomic mass is 16.5. The lowest BCUT2D eigenvalue weighted by atomic mass is 10.2. The summed E-state index contributed by atoms with van der Waals surface area (Å²) in [6, 6.07) is 5.97. The average Bonchev–Trinajstić information content (AvgIpc) is 2.94. The van der Waals surface area contributed by atoms with E-state index in [9.17, 15) is 0 Å². The molecule has 0 aromatic carbocycles. The third-order valence-corrected chi connectivity index (χ3v) is 2.78. The third kappa shape index (κ3) is 3.07. The second-order valence-corrected chi connectivity index (χ2v) is 3.99. The van der Waals surface area contributed by atoms with Crippen LogP contribution in [-0.4, -0.2) is 22.1 Å². The van der Waals surface area contributed by atoms with Gasteiger partial charge in [-0.2, -0.15) is 0 Å². The smallest absolute Gasteiger partial charge is 0.213 e. The van der Waals surface area contributed by atoms with Crippen LogP contribution < -0.4 is 10.1 Å². The second-order valence-electron chi connectivity index (χ2n) is 3.99. The molecule has 1 atom stereocenters. The maximum absolute atomic E-state index is 5.10. The van der Waals surface area contributed by atoms with Gasteiger partial charge in [0.25, 0.3) is 0 Å². The van der Waals surface area contributed by atoms with Gasteiger partial charge < -0.3 is 15.0 Å². The fraction of sp³-hybridized carbons (Fsp3) is 0.385. The fourth-order valence-corrected chi connectivity index (χ4v) is 1.80. The molecule has 0 fully saturated rings. The minimum atomic E-state index is 0.216. The van der Waals surface area contributed by atoms with E-state index in [1.54, 1.807) is 13.3 Å². The van der Waals surface area contributed by atoms with Crippen molar-refractivity contribution in [2.75, 3.05) is 7.11 Å². The highest BCUT2D eigenvalue weighted by Gasteiger charge is 2.10. The van der Waals surface area contributed by atoms with Gasteiger partial charge in [0.05, 0.1) is 18.8 Å². The molecule has 0 saturated heterocycles. The third-order valence-electron chi connectivity index (χ3n) is 2.78. The maximum atomic E-state index is 5.10. The monoisotopic (exact) mass is 246 g/mol. The molecule has 18 heavy (non-hydrogen) atoms. The number of methoxy groups -OCH3 is 1. The number of hydrogen-bond donors (Lipinski definition) is 2. The first-order valence-electron chi connectivity index (χ1n) is 6.06. The minimum absolute atomic E-state index is 0.216. The van der Waals surface area contributed by atoms with Crippen LogP contribution in [0.5, 0.6) is 5.88 Å². The van der Waals surface area contributed by atoms with E-state index in [2.05, 4.69) is 27.2 Å². The van der Waals surface area contributed by atoms with Crippen molar-refractivity contribution in [3.05, 3.63) is 42.1 Å². The van der Waals surface area contributed by atoms with Gasteiger partial charge in [-0.1, -0.05) is 13.0 Å². The number of hydrogen-bond acceptors (Lipinski definition) is 4. The van der Waals surface area contributed by atoms with Gasteiger partial charge in [0.2, 0.25) is 5.88 Å². The predicted molar refractivity (Wildman–Crippen MR) is 69.2 cm³/mol. The molecule has 2 rings (SSSR count). The number of imidazole rings is 1. The van der Waals surface area contributed by atoms with Gasteiger partial charge in [-0.25, -0.2) is 9.97 Å². The molecule has 0 radical (unpaired) electrons. The zero-order valence-corrected chi connectivity index (χ0v) is 10.7. The van der Waals surface area contributed by atoms with Crippen LogP contribution in [0, 0.1) is 0 Å². The molecular formula is C13H18N4O. The highest BCUT2D eigenvalue weighted by Crippen LogP contribution is 2.13. The summed E-state index contributed by atoms with van der Waals surface area (Å²) in [6.45, 7) is 2.82. The van der Waals surface area contributed by atoms with Crippen molar-refractivity contribution in [3.8, 4) is 5.88 Å². The van der Waals surface area contributed by atoms with Gasteiger partial charge in [0, 0.05) is 25.0 Å². The first-order chi connectivity index (χ1) is 8.83. The van der Waals surface area contributed by atoms with Gasteiger partial charge in [0.1, 0.15) is 5.82 Å². The van der Waals surface area contributed by atoms with Crippen molar-refractivity contribution in [3.63, 3.8) is 0 Å². The van der Waals surface area contributed by atoms with Gasteiger partial charge in [0.15, 0.2) is 0 Å². The van der Waals surface area contributed by atoms with Gasteiger partial charge in [-0.15, -0.1) is 0 Å². The quantitative estimate of drug-likeness (QED) is 0.819. The van der Waals surface area contributed by atoms with Crippen LogP contribution in [-0.2, 0) is 6.54 Å². The highest BCUT2D eigenvalue weighted by molar-refractivity contribution is 5.15. The van der Waals surface area contributed by atoms with Crippen LogP contribution in [0.3, 0.4) is 0 Å². The van der Waals surface area contributed by atoms with Crippen molar-refractivity contribution < 1.29 is 4.74 Å². The molecule has 1 unspecified atom stereocenters. The number of aromatic nitrogens is 3. The number of rotatable bonds is 6. The molecule has 0 amide bonds. The first kappa shape index (κ1) is 12.6. The number of H-pyrrole nitrogens is 1. The van der Waals surface area contributed by atoms with Crippen molar-refractivity contribution in [1.82, 2.24) is 20.3 Å². The molecule has 0 aliphatic carbocycles. The Morgan fingerprint density at radius 1 is 1.44 bits per heavy atom. The van der Waals surface area contributed by atoms with Crippen molar-refractivity contribution >= 4 is 0 Å². The maximum Gasteiger partial charge on any atom is 0.213 e. The summed E-state index contributed by atoms with van der Waals surface area (Å²) in [5.41, 5.74) is 0.958. The lowest BCUT2D eigenvalue weighted by Crippen LogP contribution is -2.21. The normalized spacial score (nSPS) is 12.3. The first-order valence-corrected chi connectivity index (χ1v) is 6.06. The standard InChI is InChI=1S/C13H18N4O/c1-3-11(13-14-7-8-15-13)16-9-10-5-4-6-12(17-10)18-2/h4-8,11,16H,3,9H2,1-2H3,(H,14,15). The summed E-state index contributed by atoms with van der Waals surface area (Å²) in [6.07, 6.45) is 4.57. The van der Waals surface area contributed by atoms with Crippen LogP contribution in [0.4, 0.5) is 0 Å². The van der Waals surface area contributed by atoms with E-state index < -0.39 is 0 Å². The average molecular weight is 246 g/mol. The summed E-state index contributed by atoms with van der Waals surface area (Å²) in [5, 5.41) is 3.43. The Hall–Kier alpha value is -1.88. The molecule has 0 bridgehead atoms. The molecule has 2 aromatic heterocycles. The molecular weight excluding hydrogens is 228 g/mol. The van der Waals surface area contributed by atoms with Crippen LogP contribution in [0.1, 0.15) is 30.9 Å². The van der Waals surface area contributed by atoms with Crippen LogP contribution >= 0.6 is 0 Å². The van der Waals surface area contributed by atoms with Crippen molar-refractivity contribution in [2.24, 2.45) is 0 Å². The molecule has 2 heterocycles. The Bertz CT molecular complexity index is 470. The summed E-state index contributed by atoms with van der Waals surface area (Å²) in [4.78, 5) is 11.8. The topological polar surface area (TPSA) is 62.8 Å².